The minimum atomic E-state index is -0.878. The molecule has 20 heavy (non-hydrogen) atoms. The number of aromatic amines is 1. The lowest BCUT2D eigenvalue weighted by Gasteiger charge is -2.05. The van der Waals surface area contributed by atoms with Crippen molar-refractivity contribution in [3.63, 3.8) is 0 Å². The molecule has 0 fully saturated rings. The highest BCUT2D eigenvalue weighted by atomic mass is 16.3. The molecule has 0 atom stereocenters. The van der Waals surface area contributed by atoms with Crippen molar-refractivity contribution in [2.45, 2.75) is 6.92 Å². The first-order chi connectivity index (χ1) is 9.50. The van der Waals surface area contributed by atoms with Gasteiger partial charge in [0.05, 0.1) is 10.9 Å². The number of para-hydroxylation sites is 1. The molecule has 2 aromatic heterocycles. The maximum absolute atomic E-state index is 11.7. The molecule has 4 N–H and O–H groups in total. The number of hydrogen-bond donors (Lipinski definition) is 3. The largest absolute Gasteiger partial charge is 0.505 e. The molecule has 0 bridgehead atoms. The second-order valence-corrected chi connectivity index (χ2v) is 4.50. The van der Waals surface area contributed by atoms with Crippen LogP contribution in [0.15, 0.2) is 24.3 Å². The number of nitrogens with zero attached hydrogens (tertiary/aromatic N) is 1. The number of aromatic hydroxyl groups is 1. The molecular formula is C14H11N3O3. The molecule has 1 amide bonds. The number of nitrogens with two attached hydrogens (primary N) is 1. The van der Waals surface area contributed by atoms with Gasteiger partial charge in [0, 0.05) is 17.8 Å². The number of primary amides is 1. The molecule has 100 valence electrons. The lowest BCUT2D eigenvalue weighted by atomic mass is 10.1. The van der Waals surface area contributed by atoms with Crippen LogP contribution in [0, 0.1) is 0 Å². The van der Waals surface area contributed by atoms with E-state index in [1.807, 2.05) is 12.1 Å². The van der Waals surface area contributed by atoms with Gasteiger partial charge in [-0.15, -0.1) is 0 Å². The van der Waals surface area contributed by atoms with Gasteiger partial charge in [-0.05, 0) is 6.07 Å². The van der Waals surface area contributed by atoms with Crippen LogP contribution in [0.4, 0.5) is 0 Å². The summed E-state index contributed by atoms with van der Waals surface area (Å²) in [5.74, 6) is -1.50. The average molecular weight is 269 g/mol. The molecule has 0 aliphatic heterocycles. The van der Waals surface area contributed by atoms with Crippen LogP contribution in [0.25, 0.3) is 21.8 Å². The maximum Gasteiger partial charge on any atom is 0.271 e. The van der Waals surface area contributed by atoms with Gasteiger partial charge in [-0.2, -0.15) is 0 Å². The van der Waals surface area contributed by atoms with Gasteiger partial charge in [0.25, 0.3) is 5.91 Å². The van der Waals surface area contributed by atoms with E-state index < -0.39 is 5.91 Å². The molecule has 6 heteroatoms. The summed E-state index contributed by atoms with van der Waals surface area (Å²) >= 11 is 0. The van der Waals surface area contributed by atoms with Gasteiger partial charge in [-0.25, -0.2) is 4.98 Å². The Kier molecular flexibility index (Phi) is 2.47. The lowest BCUT2D eigenvalue weighted by molar-refractivity contribution is 0.0992. The van der Waals surface area contributed by atoms with E-state index in [-0.39, 0.29) is 22.9 Å². The predicted octanol–water partition coefficient (Wildman–Crippen LogP) is 1.72. The fourth-order valence-electron chi connectivity index (χ4n) is 2.33. The van der Waals surface area contributed by atoms with Gasteiger partial charge < -0.3 is 15.8 Å². The van der Waals surface area contributed by atoms with Crippen LogP contribution < -0.4 is 5.73 Å². The Balaban J connectivity index is 2.60. The Bertz CT molecular complexity index is 880. The number of Topliss-reactive ketones (excluding diaryl/α,β-unsaturated/α-hetero) is 1. The highest BCUT2D eigenvalue weighted by Gasteiger charge is 2.22. The Hall–Kier alpha value is -2.89. The number of carbonyl (C=O) groups is 2. The van der Waals surface area contributed by atoms with Gasteiger partial charge >= 0.3 is 0 Å². The summed E-state index contributed by atoms with van der Waals surface area (Å²) in [6, 6.07) is 7.21. The van der Waals surface area contributed by atoms with E-state index in [4.69, 9.17) is 5.73 Å². The molecule has 0 unspecified atom stereocenters. The number of nitrogens with one attached hydrogen (secondary N) is 1. The second kappa shape index (κ2) is 4.06. The maximum atomic E-state index is 11.7. The first kappa shape index (κ1) is 12.2. The fourth-order valence-corrected chi connectivity index (χ4v) is 2.33. The Morgan fingerprint density at radius 2 is 1.95 bits per heavy atom. The first-order valence-corrected chi connectivity index (χ1v) is 5.95. The van der Waals surface area contributed by atoms with Gasteiger partial charge in [-0.1, -0.05) is 18.2 Å². The summed E-state index contributed by atoms with van der Waals surface area (Å²) in [5, 5.41) is 11.3. The molecule has 0 spiro atoms. The highest BCUT2D eigenvalue weighted by Crippen LogP contribution is 2.35. The monoisotopic (exact) mass is 269 g/mol. The van der Waals surface area contributed by atoms with E-state index in [0.29, 0.717) is 16.3 Å². The van der Waals surface area contributed by atoms with E-state index in [1.165, 1.54) is 6.92 Å². The van der Waals surface area contributed by atoms with Crippen molar-refractivity contribution in [1.82, 2.24) is 9.97 Å². The third-order valence-corrected chi connectivity index (χ3v) is 3.19. The Morgan fingerprint density at radius 1 is 1.25 bits per heavy atom. The summed E-state index contributed by atoms with van der Waals surface area (Å²) in [5.41, 5.74) is 6.14. The van der Waals surface area contributed by atoms with Crippen molar-refractivity contribution in [1.29, 1.82) is 0 Å². The number of rotatable bonds is 2. The van der Waals surface area contributed by atoms with E-state index >= 15 is 0 Å². The van der Waals surface area contributed by atoms with Crippen molar-refractivity contribution in [3.8, 4) is 5.75 Å². The van der Waals surface area contributed by atoms with E-state index in [9.17, 15) is 14.7 Å². The Labute approximate surface area is 113 Å². The molecule has 3 rings (SSSR count). The SMILES string of the molecule is CC(=O)c1nc(C(N)=O)c(O)c2c1[nH]c1ccccc12. The normalized spacial score (nSPS) is 11.1. The standard InChI is InChI=1S/C14H11N3O3/c1-6(18)10-11-9(13(19)12(17-10)14(15)20)7-4-2-3-5-8(7)16-11/h2-5,16,19H,1H3,(H2,15,20). The number of benzene rings is 1. The molecule has 0 aliphatic carbocycles. The quantitative estimate of drug-likeness (QED) is 0.615. The summed E-state index contributed by atoms with van der Waals surface area (Å²) in [4.78, 5) is 30.0. The van der Waals surface area contributed by atoms with Crippen LogP contribution in [0.2, 0.25) is 0 Å². The van der Waals surface area contributed by atoms with Crippen LogP contribution in [-0.2, 0) is 0 Å². The van der Waals surface area contributed by atoms with Crippen LogP contribution in [0.5, 0.6) is 5.75 Å². The number of fused-ring (bicyclic) bond motifs is 3. The summed E-state index contributed by atoms with van der Waals surface area (Å²) in [6.45, 7) is 1.34. The molecule has 0 radical (unpaired) electrons. The smallest absolute Gasteiger partial charge is 0.271 e. The molecular weight excluding hydrogens is 258 g/mol. The summed E-state index contributed by atoms with van der Waals surface area (Å²) in [7, 11) is 0. The molecule has 0 saturated carbocycles. The average Bonchev–Trinajstić information content (AvgIpc) is 2.77. The molecule has 3 aromatic rings. The van der Waals surface area contributed by atoms with Crippen LogP contribution >= 0.6 is 0 Å². The predicted molar refractivity (Wildman–Crippen MR) is 73.8 cm³/mol. The first-order valence-electron chi connectivity index (χ1n) is 5.95. The fraction of sp³-hybridized carbons (Fsp3) is 0.0714. The van der Waals surface area contributed by atoms with Gasteiger partial charge in [0.1, 0.15) is 5.69 Å². The van der Waals surface area contributed by atoms with Crippen molar-refractivity contribution < 1.29 is 14.7 Å². The van der Waals surface area contributed by atoms with Gasteiger partial charge in [-0.3, -0.25) is 9.59 Å². The lowest BCUT2D eigenvalue weighted by Crippen LogP contribution is -2.15. The molecule has 2 heterocycles. The number of pyridine rings is 1. The molecule has 1 aromatic carbocycles. The minimum absolute atomic E-state index is 0.0859. The Morgan fingerprint density at radius 3 is 2.60 bits per heavy atom. The van der Waals surface area contributed by atoms with Gasteiger partial charge in [0.2, 0.25) is 0 Å². The zero-order valence-corrected chi connectivity index (χ0v) is 10.6. The van der Waals surface area contributed by atoms with Crippen molar-refractivity contribution >= 4 is 33.5 Å². The number of ketones is 1. The second-order valence-electron chi connectivity index (χ2n) is 4.50. The van der Waals surface area contributed by atoms with Crippen LogP contribution in [-0.4, -0.2) is 26.8 Å². The number of H-pyrrole nitrogens is 1. The van der Waals surface area contributed by atoms with E-state index in [1.54, 1.807) is 12.1 Å². The van der Waals surface area contributed by atoms with Crippen molar-refractivity contribution in [2.75, 3.05) is 0 Å². The van der Waals surface area contributed by atoms with Gasteiger partial charge in [0.15, 0.2) is 17.2 Å². The highest BCUT2D eigenvalue weighted by molar-refractivity contribution is 6.18. The number of carbonyl (C=O) groups excluding carboxylic acids is 2. The topological polar surface area (TPSA) is 109 Å². The summed E-state index contributed by atoms with van der Waals surface area (Å²) in [6.07, 6.45) is 0. The van der Waals surface area contributed by atoms with E-state index in [0.717, 1.165) is 5.52 Å². The molecule has 0 aliphatic rings. The number of hydrogen-bond acceptors (Lipinski definition) is 4. The van der Waals surface area contributed by atoms with Crippen LogP contribution in [0.3, 0.4) is 0 Å². The van der Waals surface area contributed by atoms with Crippen LogP contribution in [0.1, 0.15) is 27.9 Å². The van der Waals surface area contributed by atoms with Crippen molar-refractivity contribution in [2.24, 2.45) is 5.73 Å². The molecule has 0 saturated heterocycles. The summed E-state index contributed by atoms with van der Waals surface area (Å²) < 4.78 is 0. The molecule has 6 nitrogen and oxygen atoms in total. The third-order valence-electron chi connectivity index (χ3n) is 3.19. The number of amides is 1. The zero-order valence-electron chi connectivity index (χ0n) is 10.6. The van der Waals surface area contributed by atoms with E-state index in [2.05, 4.69) is 9.97 Å². The minimum Gasteiger partial charge on any atom is -0.505 e. The van der Waals surface area contributed by atoms with Crippen molar-refractivity contribution in [3.05, 3.63) is 35.7 Å². The third kappa shape index (κ3) is 1.55. The zero-order chi connectivity index (χ0) is 14.4. The number of aromatic nitrogens is 2.